The van der Waals surface area contributed by atoms with Crippen molar-refractivity contribution >= 4 is 0 Å². The van der Waals surface area contributed by atoms with E-state index in [-0.39, 0.29) is 0 Å². The summed E-state index contributed by atoms with van der Waals surface area (Å²) < 4.78 is 5.80. The SMILES string of the molecule is Cc1ccc(OCC(C)NC2CCC(N)CC2)cc1. The summed E-state index contributed by atoms with van der Waals surface area (Å²) in [5, 5.41) is 3.64. The van der Waals surface area contributed by atoms with Crippen molar-refractivity contribution < 1.29 is 4.74 Å². The number of benzene rings is 1. The summed E-state index contributed by atoms with van der Waals surface area (Å²) in [6.45, 7) is 4.98. The van der Waals surface area contributed by atoms with Crippen molar-refractivity contribution in [2.24, 2.45) is 5.73 Å². The third-order valence-corrected chi connectivity index (χ3v) is 3.81. The number of hydrogen-bond donors (Lipinski definition) is 2. The number of nitrogens with two attached hydrogens (primary N) is 1. The molecule has 1 aromatic rings. The molecule has 3 N–H and O–H groups in total. The summed E-state index contributed by atoms with van der Waals surface area (Å²) in [6, 6.07) is 9.61. The quantitative estimate of drug-likeness (QED) is 0.857. The van der Waals surface area contributed by atoms with E-state index in [0.29, 0.717) is 24.7 Å². The van der Waals surface area contributed by atoms with Crippen molar-refractivity contribution in [2.75, 3.05) is 6.61 Å². The molecule has 0 saturated heterocycles. The molecule has 106 valence electrons. The lowest BCUT2D eigenvalue weighted by Crippen LogP contribution is -2.43. The van der Waals surface area contributed by atoms with Gasteiger partial charge in [0.1, 0.15) is 12.4 Å². The van der Waals surface area contributed by atoms with Gasteiger partial charge in [0.25, 0.3) is 0 Å². The van der Waals surface area contributed by atoms with Gasteiger partial charge < -0.3 is 15.8 Å². The molecule has 3 heteroatoms. The predicted molar refractivity (Wildman–Crippen MR) is 79.5 cm³/mol. The van der Waals surface area contributed by atoms with Crippen molar-refractivity contribution in [2.45, 2.75) is 57.7 Å². The minimum atomic E-state index is 0.376. The summed E-state index contributed by atoms with van der Waals surface area (Å²) in [4.78, 5) is 0. The van der Waals surface area contributed by atoms with Crippen molar-refractivity contribution in [1.82, 2.24) is 5.32 Å². The molecule has 3 nitrogen and oxygen atoms in total. The molecule has 2 rings (SSSR count). The van der Waals surface area contributed by atoms with E-state index in [4.69, 9.17) is 10.5 Å². The maximum absolute atomic E-state index is 5.92. The number of aryl methyl sites for hydroxylation is 1. The lowest BCUT2D eigenvalue weighted by atomic mass is 9.91. The predicted octanol–water partition coefficient (Wildman–Crippen LogP) is 2.62. The fourth-order valence-electron chi connectivity index (χ4n) is 2.59. The normalized spacial score (nSPS) is 25.0. The first kappa shape index (κ1) is 14.4. The highest BCUT2D eigenvalue weighted by Gasteiger charge is 2.19. The molecule has 0 radical (unpaired) electrons. The van der Waals surface area contributed by atoms with Crippen LogP contribution in [0.25, 0.3) is 0 Å². The first-order chi connectivity index (χ1) is 9.13. The minimum absolute atomic E-state index is 0.376. The van der Waals surface area contributed by atoms with Crippen LogP contribution in [0.3, 0.4) is 0 Å². The fourth-order valence-corrected chi connectivity index (χ4v) is 2.59. The Balaban J connectivity index is 1.69. The van der Waals surface area contributed by atoms with E-state index in [1.165, 1.54) is 18.4 Å². The minimum Gasteiger partial charge on any atom is -0.492 e. The second-order valence-electron chi connectivity index (χ2n) is 5.80. The van der Waals surface area contributed by atoms with Gasteiger partial charge in [-0.2, -0.15) is 0 Å². The monoisotopic (exact) mass is 262 g/mol. The van der Waals surface area contributed by atoms with E-state index in [2.05, 4.69) is 31.3 Å². The molecular formula is C16H26N2O. The standard InChI is InChI=1S/C16H26N2O/c1-12-3-9-16(10-4-12)19-11-13(2)18-15-7-5-14(17)6-8-15/h3-4,9-10,13-15,18H,5-8,11,17H2,1-2H3. The highest BCUT2D eigenvalue weighted by molar-refractivity contribution is 5.26. The lowest BCUT2D eigenvalue weighted by molar-refractivity contribution is 0.241. The largest absolute Gasteiger partial charge is 0.492 e. The zero-order chi connectivity index (χ0) is 13.7. The van der Waals surface area contributed by atoms with Crippen LogP contribution < -0.4 is 15.8 Å². The summed E-state index contributed by atoms with van der Waals surface area (Å²) >= 11 is 0. The van der Waals surface area contributed by atoms with Crippen molar-refractivity contribution in [3.8, 4) is 5.75 Å². The average molecular weight is 262 g/mol. The van der Waals surface area contributed by atoms with E-state index >= 15 is 0 Å². The van der Waals surface area contributed by atoms with Crippen LogP contribution in [0.1, 0.15) is 38.2 Å². The summed E-state index contributed by atoms with van der Waals surface area (Å²) in [7, 11) is 0. The van der Waals surface area contributed by atoms with Crippen LogP contribution in [0.5, 0.6) is 5.75 Å². The summed E-state index contributed by atoms with van der Waals surface area (Å²) in [5.41, 5.74) is 7.18. The summed E-state index contributed by atoms with van der Waals surface area (Å²) in [6.07, 6.45) is 4.67. The number of hydrogen-bond acceptors (Lipinski definition) is 3. The molecule has 0 aliphatic heterocycles. The molecule has 1 aliphatic rings. The number of nitrogens with one attached hydrogen (secondary N) is 1. The smallest absolute Gasteiger partial charge is 0.119 e. The topological polar surface area (TPSA) is 47.3 Å². The Kier molecular flexibility index (Phi) is 5.23. The van der Waals surface area contributed by atoms with E-state index in [0.717, 1.165) is 18.6 Å². The van der Waals surface area contributed by atoms with Gasteiger partial charge in [-0.05, 0) is 51.7 Å². The molecule has 0 spiro atoms. The Morgan fingerprint density at radius 2 is 1.84 bits per heavy atom. The molecule has 1 fully saturated rings. The molecule has 0 heterocycles. The van der Waals surface area contributed by atoms with E-state index < -0.39 is 0 Å². The first-order valence-electron chi connectivity index (χ1n) is 7.34. The average Bonchev–Trinajstić information content (AvgIpc) is 2.41. The van der Waals surface area contributed by atoms with E-state index in [9.17, 15) is 0 Å². The van der Waals surface area contributed by atoms with Crippen LogP contribution in [0.4, 0.5) is 0 Å². The van der Waals surface area contributed by atoms with Gasteiger partial charge in [-0.1, -0.05) is 17.7 Å². The molecule has 0 bridgehead atoms. The van der Waals surface area contributed by atoms with Crippen LogP contribution in [-0.2, 0) is 0 Å². The molecule has 19 heavy (non-hydrogen) atoms. The van der Waals surface area contributed by atoms with Crippen LogP contribution >= 0.6 is 0 Å². The van der Waals surface area contributed by atoms with Crippen LogP contribution in [0, 0.1) is 6.92 Å². The lowest BCUT2D eigenvalue weighted by Gasteiger charge is -2.29. The van der Waals surface area contributed by atoms with Gasteiger partial charge >= 0.3 is 0 Å². The number of rotatable bonds is 5. The Labute approximate surface area is 116 Å². The van der Waals surface area contributed by atoms with Gasteiger partial charge in [-0.3, -0.25) is 0 Å². The first-order valence-corrected chi connectivity index (χ1v) is 7.34. The molecule has 1 aromatic carbocycles. The Bertz CT molecular complexity index is 369. The molecule has 1 aliphatic carbocycles. The second kappa shape index (κ2) is 6.92. The third kappa shape index (κ3) is 4.84. The van der Waals surface area contributed by atoms with Gasteiger partial charge in [0.2, 0.25) is 0 Å². The molecule has 0 amide bonds. The molecular weight excluding hydrogens is 236 g/mol. The van der Waals surface area contributed by atoms with Gasteiger partial charge in [0, 0.05) is 18.1 Å². The highest BCUT2D eigenvalue weighted by Crippen LogP contribution is 2.17. The fraction of sp³-hybridized carbons (Fsp3) is 0.625. The van der Waals surface area contributed by atoms with Crippen molar-refractivity contribution in [1.29, 1.82) is 0 Å². The summed E-state index contributed by atoms with van der Waals surface area (Å²) in [5.74, 6) is 0.949. The van der Waals surface area contributed by atoms with Gasteiger partial charge in [0.05, 0.1) is 0 Å². The number of ether oxygens (including phenoxy) is 1. The Morgan fingerprint density at radius 1 is 1.21 bits per heavy atom. The van der Waals surface area contributed by atoms with E-state index in [1.807, 2.05) is 12.1 Å². The van der Waals surface area contributed by atoms with Crippen molar-refractivity contribution in [3.05, 3.63) is 29.8 Å². The van der Waals surface area contributed by atoms with Gasteiger partial charge in [-0.15, -0.1) is 0 Å². The maximum Gasteiger partial charge on any atom is 0.119 e. The molecule has 1 saturated carbocycles. The Hall–Kier alpha value is -1.06. The second-order valence-corrected chi connectivity index (χ2v) is 5.80. The van der Waals surface area contributed by atoms with E-state index in [1.54, 1.807) is 0 Å². The molecule has 1 unspecified atom stereocenters. The zero-order valence-corrected chi connectivity index (χ0v) is 12.1. The van der Waals surface area contributed by atoms with Gasteiger partial charge in [0.15, 0.2) is 0 Å². The van der Waals surface area contributed by atoms with Crippen LogP contribution in [-0.4, -0.2) is 24.7 Å². The zero-order valence-electron chi connectivity index (χ0n) is 12.1. The third-order valence-electron chi connectivity index (χ3n) is 3.81. The maximum atomic E-state index is 5.92. The molecule has 1 atom stereocenters. The Morgan fingerprint density at radius 3 is 2.47 bits per heavy atom. The van der Waals surface area contributed by atoms with Crippen LogP contribution in [0.2, 0.25) is 0 Å². The van der Waals surface area contributed by atoms with Gasteiger partial charge in [-0.25, -0.2) is 0 Å². The highest BCUT2D eigenvalue weighted by atomic mass is 16.5. The van der Waals surface area contributed by atoms with Crippen LogP contribution in [0.15, 0.2) is 24.3 Å². The molecule has 0 aromatic heterocycles. The van der Waals surface area contributed by atoms with Crippen molar-refractivity contribution in [3.63, 3.8) is 0 Å².